The van der Waals surface area contributed by atoms with Crippen LogP contribution in [0.3, 0.4) is 0 Å². The van der Waals surface area contributed by atoms with E-state index in [0.717, 1.165) is 24.7 Å². The molecule has 4 nitrogen and oxygen atoms in total. The third-order valence-electron chi connectivity index (χ3n) is 2.68. The van der Waals surface area contributed by atoms with Crippen LogP contribution in [-0.4, -0.2) is 27.9 Å². The molecule has 2 rings (SSSR count). The van der Waals surface area contributed by atoms with Crippen molar-refractivity contribution in [2.45, 2.75) is 19.3 Å². The smallest absolute Gasteiger partial charge is 0.132 e. The Morgan fingerprint density at radius 3 is 3.23 bits per heavy atom. The second-order valence-electron chi connectivity index (χ2n) is 3.77. The highest BCUT2D eigenvalue weighted by atomic mass is 15.2. The average Bonchev–Trinajstić information content (AvgIpc) is 2.54. The third-order valence-corrected chi connectivity index (χ3v) is 2.68. The first kappa shape index (κ1) is 8.69. The largest absolute Gasteiger partial charge is 0.321 e. The van der Waals surface area contributed by atoms with Gasteiger partial charge in [-0.05, 0) is 31.8 Å². The fourth-order valence-electron chi connectivity index (χ4n) is 1.85. The molecule has 0 saturated carbocycles. The van der Waals surface area contributed by atoms with Crippen LogP contribution in [0.5, 0.6) is 0 Å². The van der Waals surface area contributed by atoms with Gasteiger partial charge in [0.05, 0.1) is 0 Å². The van der Waals surface area contributed by atoms with E-state index < -0.39 is 0 Å². The summed E-state index contributed by atoms with van der Waals surface area (Å²) in [4.78, 5) is 0. The average molecular weight is 180 g/mol. The van der Waals surface area contributed by atoms with Crippen molar-refractivity contribution in [3.8, 4) is 0 Å². The number of aryl methyl sites for hydroxylation is 1. The lowest BCUT2D eigenvalue weighted by molar-refractivity contribution is 0.368. The van der Waals surface area contributed by atoms with Gasteiger partial charge in [0.15, 0.2) is 0 Å². The fraction of sp³-hybridized carbons (Fsp3) is 0.778. The first-order chi connectivity index (χ1) is 6.36. The topological polar surface area (TPSA) is 42.7 Å². The van der Waals surface area contributed by atoms with E-state index in [1.165, 1.54) is 19.4 Å². The van der Waals surface area contributed by atoms with E-state index in [9.17, 15) is 0 Å². The van der Waals surface area contributed by atoms with Crippen molar-refractivity contribution in [3.05, 3.63) is 12.2 Å². The Kier molecular flexibility index (Phi) is 2.59. The van der Waals surface area contributed by atoms with Gasteiger partial charge < -0.3 is 9.88 Å². The highest BCUT2D eigenvalue weighted by Crippen LogP contribution is 2.14. The zero-order valence-electron chi connectivity index (χ0n) is 8.03. The molecule has 0 spiro atoms. The molecule has 0 aromatic carbocycles. The second kappa shape index (κ2) is 3.87. The summed E-state index contributed by atoms with van der Waals surface area (Å²) in [6.07, 6.45) is 5.44. The molecule has 1 saturated heterocycles. The molecule has 1 aliphatic rings. The minimum atomic E-state index is 0.747. The van der Waals surface area contributed by atoms with Crippen LogP contribution in [0.15, 0.2) is 6.33 Å². The zero-order valence-corrected chi connectivity index (χ0v) is 8.03. The molecule has 2 heterocycles. The van der Waals surface area contributed by atoms with Crippen LogP contribution in [0.1, 0.15) is 18.7 Å². The summed E-state index contributed by atoms with van der Waals surface area (Å²) in [5.41, 5.74) is 0. The van der Waals surface area contributed by atoms with Gasteiger partial charge in [-0.3, -0.25) is 0 Å². The van der Waals surface area contributed by atoms with E-state index >= 15 is 0 Å². The molecule has 1 aromatic heterocycles. The van der Waals surface area contributed by atoms with Crippen LogP contribution in [0.25, 0.3) is 0 Å². The summed E-state index contributed by atoms with van der Waals surface area (Å²) in [6, 6.07) is 0. The molecule has 0 radical (unpaired) electrons. The lowest BCUT2D eigenvalue weighted by Gasteiger charge is -2.21. The standard InChI is InChI=1S/C9H16N4/c1-13-7-11-12-9(13)5-8-3-2-4-10-6-8/h7-8,10H,2-6H2,1H3/t8-/m1/s1. The van der Waals surface area contributed by atoms with E-state index in [1.807, 2.05) is 11.6 Å². The van der Waals surface area contributed by atoms with Gasteiger partial charge in [-0.15, -0.1) is 10.2 Å². The lowest BCUT2D eigenvalue weighted by Crippen LogP contribution is -2.31. The quantitative estimate of drug-likeness (QED) is 0.714. The van der Waals surface area contributed by atoms with Gasteiger partial charge in [-0.1, -0.05) is 0 Å². The van der Waals surface area contributed by atoms with Crippen LogP contribution in [-0.2, 0) is 13.5 Å². The van der Waals surface area contributed by atoms with E-state index in [1.54, 1.807) is 6.33 Å². The van der Waals surface area contributed by atoms with Gasteiger partial charge in [-0.2, -0.15) is 0 Å². The summed E-state index contributed by atoms with van der Waals surface area (Å²) in [7, 11) is 2.01. The predicted molar refractivity (Wildman–Crippen MR) is 50.3 cm³/mol. The van der Waals surface area contributed by atoms with E-state index in [-0.39, 0.29) is 0 Å². The Balaban J connectivity index is 1.93. The molecular formula is C9H16N4. The Morgan fingerprint density at radius 1 is 1.69 bits per heavy atom. The van der Waals surface area contributed by atoms with Crippen molar-refractivity contribution < 1.29 is 0 Å². The lowest BCUT2D eigenvalue weighted by atomic mass is 9.96. The monoisotopic (exact) mass is 180 g/mol. The molecular weight excluding hydrogens is 164 g/mol. The van der Waals surface area contributed by atoms with Gasteiger partial charge in [0.2, 0.25) is 0 Å². The van der Waals surface area contributed by atoms with Crippen molar-refractivity contribution in [1.29, 1.82) is 0 Å². The first-order valence-corrected chi connectivity index (χ1v) is 4.90. The van der Waals surface area contributed by atoms with Gasteiger partial charge >= 0.3 is 0 Å². The van der Waals surface area contributed by atoms with E-state index in [0.29, 0.717) is 0 Å². The zero-order chi connectivity index (χ0) is 9.10. The Hall–Kier alpha value is -0.900. The Labute approximate surface area is 78.4 Å². The minimum absolute atomic E-state index is 0.747. The molecule has 1 atom stereocenters. The molecule has 0 amide bonds. The van der Waals surface area contributed by atoms with Gasteiger partial charge in [-0.25, -0.2) is 0 Å². The SMILES string of the molecule is Cn1cnnc1C[C@H]1CCCNC1. The number of piperidine rings is 1. The van der Waals surface area contributed by atoms with Crippen LogP contribution < -0.4 is 5.32 Å². The van der Waals surface area contributed by atoms with E-state index in [2.05, 4.69) is 15.5 Å². The number of nitrogens with one attached hydrogen (secondary N) is 1. The Bertz CT molecular complexity index is 262. The van der Waals surface area contributed by atoms with Gasteiger partial charge in [0.1, 0.15) is 12.2 Å². The molecule has 72 valence electrons. The Morgan fingerprint density at radius 2 is 2.62 bits per heavy atom. The summed E-state index contributed by atoms with van der Waals surface area (Å²) in [6.45, 7) is 2.31. The number of nitrogens with zero attached hydrogens (tertiary/aromatic N) is 3. The van der Waals surface area contributed by atoms with Crippen molar-refractivity contribution in [2.75, 3.05) is 13.1 Å². The van der Waals surface area contributed by atoms with Crippen LogP contribution >= 0.6 is 0 Å². The maximum absolute atomic E-state index is 4.10. The number of rotatable bonds is 2. The number of hydrogen-bond acceptors (Lipinski definition) is 3. The van der Waals surface area contributed by atoms with Crippen molar-refractivity contribution in [2.24, 2.45) is 13.0 Å². The third kappa shape index (κ3) is 2.06. The number of aromatic nitrogens is 3. The molecule has 0 aliphatic carbocycles. The molecule has 1 fully saturated rings. The van der Waals surface area contributed by atoms with Gasteiger partial charge in [0, 0.05) is 13.5 Å². The van der Waals surface area contributed by atoms with Crippen LogP contribution in [0.2, 0.25) is 0 Å². The fourth-order valence-corrected chi connectivity index (χ4v) is 1.85. The summed E-state index contributed by atoms with van der Waals surface area (Å²) >= 11 is 0. The van der Waals surface area contributed by atoms with Crippen LogP contribution in [0.4, 0.5) is 0 Å². The normalized spacial score (nSPS) is 23.3. The minimum Gasteiger partial charge on any atom is -0.321 e. The molecule has 13 heavy (non-hydrogen) atoms. The molecule has 0 unspecified atom stereocenters. The molecule has 4 heteroatoms. The predicted octanol–water partition coefficient (Wildman–Crippen LogP) is 0.357. The first-order valence-electron chi connectivity index (χ1n) is 4.90. The van der Waals surface area contributed by atoms with Crippen molar-refractivity contribution >= 4 is 0 Å². The summed E-state index contributed by atoms with van der Waals surface area (Å²) in [5, 5.41) is 11.4. The maximum Gasteiger partial charge on any atom is 0.132 e. The molecule has 1 aromatic rings. The van der Waals surface area contributed by atoms with Crippen molar-refractivity contribution in [3.63, 3.8) is 0 Å². The highest BCUT2D eigenvalue weighted by Gasteiger charge is 2.15. The summed E-state index contributed by atoms with van der Waals surface area (Å²) in [5.74, 6) is 1.85. The molecule has 0 bridgehead atoms. The molecule has 1 aliphatic heterocycles. The van der Waals surface area contributed by atoms with Crippen molar-refractivity contribution in [1.82, 2.24) is 20.1 Å². The summed E-state index contributed by atoms with van der Waals surface area (Å²) < 4.78 is 2.01. The number of hydrogen-bond donors (Lipinski definition) is 1. The molecule has 1 N–H and O–H groups in total. The second-order valence-corrected chi connectivity index (χ2v) is 3.77. The van der Waals surface area contributed by atoms with Gasteiger partial charge in [0.25, 0.3) is 0 Å². The maximum atomic E-state index is 4.10. The highest BCUT2D eigenvalue weighted by molar-refractivity contribution is 4.88. The van der Waals surface area contributed by atoms with E-state index in [4.69, 9.17) is 0 Å². The van der Waals surface area contributed by atoms with Crippen LogP contribution in [0, 0.1) is 5.92 Å².